The number of nitrogens with zero attached hydrogens (tertiary/aromatic N) is 1. The highest BCUT2D eigenvalue weighted by atomic mass is 32.2. The second kappa shape index (κ2) is 3.18. The Balaban J connectivity index is 1.78. The van der Waals surface area contributed by atoms with E-state index in [-0.39, 0.29) is 23.6 Å². The molecule has 2 heterocycles. The van der Waals surface area contributed by atoms with Crippen molar-refractivity contribution in [2.24, 2.45) is 11.7 Å². The smallest absolute Gasteiger partial charge is 0.153 e. The summed E-state index contributed by atoms with van der Waals surface area (Å²) in [5.41, 5.74) is 5.95. The van der Waals surface area contributed by atoms with E-state index < -0.39 is 9.84 Å². The highest BCUT2D eigenvalue weighted by molar-refractivity contribution is 7.91. The van der Waals surface area contributed by atoms with Gasteiger partial charge in [-0.05, 0) is 25.2 Å². The number of piperidine rings is 1. The minimum Gasteiger partial charge on any atom is -0.325 e. The van der Waals surface area contributed by atoms with Crippen molar-refractivity contribution in [1.29, 1.82) is 0 Å². The Morgan fingerprint density at radius 2 is 2.00 bits per heavy atom. The van der Waals surface area contributed by atoms with E-state index >= 15 is 0 Å². The van der Waals surface area contributed by atoms with Crippen molar-refractivity contribution in [1.82, 2.24) is 4.90 Å². The molecule has 15 heavy (non-hydrogen) atoms. The summed E-state index contributed by atoms with van der Waals surface area (Å²) in [6, 6.07) is 0.569. The summed E-state index contributed by atoms with van der Waals surface area (Å²) in [5.74, 6) is 1.29. The summed E-state index contributed by atoms with van der Waals surface area (Å²) in [6.45, 7) is 1.08. The molecule has 5 heteroatoms. The highest BCUT2D eigenvalue weighted by Gasteiger charge is 2.47. The van der Waals surface area contributed by atoms with Gasteiger partial charge in [0, 0.05) is 24.7 Å². The van der Waals surface area contributed by atoms with Gasteiger partial charge < -0.3 is 5.73 Å². The topological polar surface area (TPSA) is 63.4 Å². The van der Waals surface area contributed by atoms with E-state index in [1.54, 1.807) is 0 Å². The third-order valence-corrected chi connectivity index (χ3v) is 5.99. The Bertz CT molecular complexity index is 368. The lowest BCUT2D eigenvalue weighted by atomic mass is 10.1. The molecule has 3 aliphatic rings. The van der Waals surface area contributed by atoms with Crippen LogP contribution in [0.25, 0.3) is 0 Å². The van der Waals surface area contributed by atoms with Gasteiger partial charge in [0.15, 0.2) is 9.84 Å². The van der Waals surface area contributed by atoms with Gasteiger partial charge in [0.25, 0.3) is 0 Å². The van der Waals surface area contributed by atoms with Crippen molar-refractivity contribution in [2.75, 3.05) is 18.1 Å². The van der Waals surface area contributed by atoms with Crippen LogP contribution in [0.15, 0.2) is 0 Å². The van der Waals surface area contributed by atoms with Crippen LogP contribution in [0, 0.1) is 5.92 Å². The molecule has 2 N–H and O–H groups in total. The minimum absolute atomic E-state index is 0.102. The molecular weight excluding hydrogens is 212 g/mol. The number of nitrogens with two attached hydrogens (primary N) is 1. The fraction of sp³-hybridized carbons (Fsp3) is 1.00. The van der Waals surface area contributed by atoms with Gasteiger partial charge in [-0.2, -0.15) is 0 Å². The van der Waals surface area contributed by atoms with E-state index in [4.69, 9.17) is 5.73 Å². The van der Waals surface area contributed by atoms with E-state index in [0.717, 1.165) is 12.5 Å². The number of hydrogen-bond donors (Lipinski definition) is 1. The fourth-order valence-electron chi connectivity index (χ4n) is 3.57. The van der Waals surface area contributed by atoms with Crippen molar-refractivity contribution in [3.8, 4) is 0 Å². The van der Waals surface area contributed by atoms with Crippen LogP contribution in [0.3, 0.4) is 0 Å². The summed E-state index contributed by atoms with van der Waals surface area (Å²) in [5, 5.41) is 0. The van der Waals surface area contributed by atoms with E-state index in [9.17, 15) is 8.42 Å². The molecule has 0 radical (unpaired) electrons. The number of rotatable bonds is 1. The van der Waals surface area contributed by atoms with Crippen LogP contribution < -0.4 is 5.73 Å². The maximum Gasteiger partial charge on any atom is 0.153 e. The largest absolute Gasteiger partial charge is 0.325 e. The first kappa shape index (κ1) is 10.1. The molecule has 0 amide bonds. The van der Waals surface area contributed by atoms with Gasteiger partial charge in [0.05, 0.1) is 11.5 Å². The Morgan fingerprint density at radius 1 is 1.20 bits per heavy atom. The first-order valence-electron chi connectivity index (χ1n) is 5.77. The zero-order valence-electron chi connectivity index (χ0n) is 8.80. The zero-order chi connectivity index (χ0) is 10.6. The summed E-state index contributed by atoms with van der Waals surface area (Å²) in [6.07, 6.45) is 3.84. The summed E-state index contributed by atoms with van der Waals surface area (Å²) < 4.78 is 23.0. The summed E-state index contributed by atoms with van der Waals surface area (Å²) in [7, 11) is -2.87. The highest BCUT2D eigenvalue weighted by Crippen LogP contribution is 2.39. The Hall–Kier alpha value is -0.130. The van der Waals surface area contributed by atoms with Crippen LogP contribution in [0.1, 0.15) is 19.3 Å². The minimum atomic E-state index is -2.87. The molecule has 1 aliphatic carbocycles. The van der Waals surface area contributed by atoms with Crippen molar-refractivity contribution in [3.05, 3.63) is 0 Å². The molecule has 0 aromatic rings. The molecule has 0 spiro atoms. The van der Waals surface area contributed by atoms with E-state index in [1.165, 1.54) is 19.3 Å². The van der Waals surface area contributed by atoms with Crippen LogP contribution in [-0.2, 0) is 9.84 Å². The van der Waals surface area contributed by atoms with Crippen molar-refractivity contribution >= 4 is 9.84 Å². The molecule has 3 fully saturated rings. The average Bonchev–Trinajstić information content (AvgIpc) is 2.78. The van der Waals surface area contributed by atoms with Gasteiger partial charge in [-0.25, -0.2) is 8.42 Å². The zero-order valence-corrected chi connectivity index (χ0v) is 9.62. The molecule has 86 valence electrons. The molecule has 0 aromatic heterocycles. The maximum absolute atomic E-state index is 11.5. The molecule has 4 nitrogen and oxygen atoms in total. The van der Waals surface area contributed by atoms with Gasteiger partial charge in [0.1, 0.15) is 0 Å². The monoisotopic (exact) mass is 230 g/mol. The van der Waals surface area contributed by atoms with Crippen molar-refractivity contribution < 1.29 is 8.42 Å². The second-order valence-electron chi connectivity index (χ2n) is 5.34. The van der Waals surface area contributed by atoms with E-state index in [1.807, 2.05) is 0 Å². The summed E-state index contributed by atoms with van der Waals surface area (Å²) >= 11 is 0. The Kier molecular flexibility index (Phi) is 2.13. The SMILES string of the molecule is NC1CS(=O)(=O)CC1N1CC2CCC1C2. The molecule has 1 saturated carbocycles. The second-order valence-corrected chi connectivity index (χ2v) is 7.49. The third-order valence-electron chi connectivity index (χ3n) is 4.24. The molecule has 2 aliphatic heterocycles. The quantitative estimate of drug-likeness (QED) is 0.665. The van der Waals surface area contributed by atoms with Gasteiger partial charge in [0.2, 0.25) is 0 Å². The molecule has 3 rings (SSSR count). The predicted molar refractivity (Wildman–Crippen MR) is 58.3 cm³/mol. The number of fused-ring (bicyclic) bond motifs is 2. The van der Waals surface area contributed by atoms with Crippen molar-refractivity contribution in [3.63, 3.8) is 0 Å². The molecule has 2 saturated heterocycles. The standard InChI is InChI=1S/C10H18N2O2S/c11-9-5-15(13,14)6-10(9)12-4-7-1-2-8(12)3-7/h7-10H,1-6,11H2. The van der Waals surface area contributed by atoms with Gasteiger partial charge in [-0.15, -0.1) is 0 Å². The van der Waals surface area contributed by atoms with Crippen LogP contribution in [0.5, 0.6) is 0 Å². The van der Waals surface area contributed by atoms with Gasteiger partial charge in [-0.1, -0.05) is 0 Å². The van der Waals surface area contributed by atoms with Crippen LogP contribution in [0.2, 0.25) is 0 Å². The van der Waals surface area contributed by atoms with Crippen LogP contribution in [-0.4, -0.2) is 49.5 Å². The third kappa shape index (κ3) is 1.61. The average molecular weight is 230 g/mol. The Labute approximate surface area is 90.7 Å². The first-order valence-corrected chi connectivity index (χ1v) is 7.59. The van der Waals surface area contributed by atoms with Crippen molar-refractivity contribution in [2.45, 2.75) is 37.4 Å². The van der Waals surface area contributed by atoms with E-state index in [0.29, 0.717) is 6.04 Å². The van der Waals surface area contributed by atoms with Gasteiger partial charge >= 0.3 is 0 Å². The molecule has 4 unspecified atom stereocenters. The molecule has 2 bridgehead atoms. The number of sulfone groups is 1. The predicted octanol–water partition coefficient (Wildman–Crippen LogP) is -0.405. The maximum atomic E-state index is 11.5. The lowest BCUT2D eigenvalue weighted by Crippen LogP contribution is -2.50. The van der Waals surface area contributed by atoms with E-state index in [2.05, 4.69) is 4.90 Å². The van der Waals surface area contributed by atoms with Gasteiger partial charge in [-0.3, -0.25) is 4.90 Å². The normalized spacial score (nSPS) is 48.9. The number of hydrogen-bond acceptors (Lipinski definition) is 4. The van der Waals surface area contributed by atoms with Crippen LogP contribution >= 0.6 is 0 Å². The molecular formula is C10H18N2O2S. The first-order chi connectivity index (χ1) is 7.05. The molecule has 4 atom stereocenters. The lowest BCUT2D eigenvalue weighted by molar-refractivity contribution is 0.152. The number of likely N-dealkylation sites (tertiary alicyclic amines) is 1. The summed E-state index contributed by atoms with van der Waals surface area (Å²) in [4.78, 5) is 2.38. The lowest BCUT2D eigenvalue weighted by Gasteiger charge is -2.33. The van der Waals surface area contributed by atoms with Crippen LogP contribution in [0.4, 0.5) is 0 Å². The fourth-order valence-corrected chi connectivity index (χ4v) is 5.47. The molecule has 0 aromatic carbocycles. The Morgan fingerprint density at radius 3 is 2.47 bits per heavy atom.